The number of aromatic nitrogens is 2. The summed E-state index contributed by atoms with van der Waals surface area (Å²) in [4.78, 5) is 11.9. The molecule has 0 aliphatic carbocycles. The van der Waals surface area contributed by atoms with Crippen LogP contribution < -0.4 is 10.1 Å². The third-order valence-corrected chi connectivity index (χ3v) is 2.54. The first kappa shape index (κ1) is 13.1. The van der Waals surface area contributed by atoms with Crippen molar-refractivity contribution in [1.82, 2.24) is 10.2 Å². The number of nitrogens with zero attached hydrogens (tertiary/aromatic N) is 1. The summed E-state index contributed by atoms with van der Waals surface area (Å²) in [5, 5.41) is 9.30. The number of carbonyl (C=O) groups is 1. The van der Waals surface area contributed by atoms with Gasteiger partial charge in [0.1, 0.15) is 11.4 Å². The fraction of sp³-hybridized carbons (Fsp3) is 0.286. The summed E-state index contributed by atoms with van der Waals surface area (Å²) in [6.45, 7) is 5.77. The third kappa shape index (κ3) is 3.34. The molecule has 0 unspecified atom stereocenters. The number of ether oxygens (including phenoxy) is 1. The zero-order valence-corrected chi connectivity index (χ0v) is 11.2. The van der Waals surface area contributed by atoms with Gasteiger partial charge in [-0.1, -0.05) is 0 Å². The Morgan fingerprint density at radius 2 is 2.00 bits per heavy atom. The Hall–Kier alpha value is -2.30. The second-order valence-electron chi connectivity index (χ2n) is 4.57. The average Bonchev–Trinajstić information content (AvgIpc) is 2.77. The van der Waals surface area contributed by atoms with E-state index in [2.05, 4.69) is 15.5 Å². The largest absolute Gasteiger partial charge is 0.491 e. The van der Waals surface area contributed by atoms with Crippen LogP contribution >= 0.6 is 0 Å². The minimum Gasteiger partial charge on any atom is -0.491 e. The van der Waals surface area contributed by atoms with E-state index < -0.39 is 0 Å². The number of nitrogens with one attached hydrogen (secondary N) is 2. The third-order valence-electron chi connectivity index (χ3n) is 2.54. The van der Waals surface area contributed by atoms with Crippen LogP contribution in [0.2, 0.25) is 0 Å². The molecule has 2 rings (SSSR count). The van der Waals surface area contributed by atoms with Crippen molar-refractivity contribution in [2.45, 2.75) is 26.9 Å². The Morgan fingerprint density at radius 3 is 2.53 bits per heavy atom. The number of H-pyrrole nitrogens is 1. The molecule has 2 aromatic rings. The number of rotatable bonds is 4. The van der Waals surface area contributed by atoms with Crippen LogP contribution in [0.25, 0.3) is 0 Å². The Labute approximate surface area is 112 Å². The van der Waals surface area contributed by atoms with Crippen molar-refractivity contribution in [3.05, 3.63) is 41.7 Å². The smallest absolute Gasteiger partial charge is 0.273 e. The highest BCUT2D eigenvalue weighted by molar-refractivity contribution is 6.03. The van der Waals surface area contributed by atoms with Gasteiger partial charge >= 0.3 is 0 Å². The zero-order chi connectivity index (χ0) is 13.8. The summed E-state index contributed by atoms with van der Waals surface area (Å²) < 4.78 is 5.54. The minimum atomic E-state index is -0.201. The fourth-order valence-electron chi connectivity index (χ4n) is 1.66. The molecule has 5 heteroatoms. The summed E-state index contributed by atoms with van der Waals surface area (Å²) in [6, 6.07) is 7.27. The molecule has 0 fully saturated rings. The molecule has 0 saturated heterocycles. The molecule has 5 nitrogen and oxygen atoms in total. The van der Waals surface area contributed by atoms with Crippen LogP contribution in [-0.4, -0.2) is 22.2 Å². The number of hydrogen-bond donors (Lipinski definition) is 2. The molecule has 19 heavy (non-hydrogen) atoms. The number of carbonyl (C=O) groups excluding carboxylic acids is 1. The van der Waals surface area contributed by atoms with Gasteiger partial charge in [0.15, 0.2) is 0 Å². The van der Waals surface area contributed by atoms with Crippen molar-refractivity contribution in [2.75, 3.05) is 5.32 Å². The van der Waals surface area contributed by atoms with E-state index >= 15 is 0 Å². The Balaban J connectivity index is 2.04. The molecule has 0 saturated carbocycles. The van der Waals surface area contributed by atoms with Gasteiger partial charge in [-0.15, -0.1) is 0 Å². The summed E-state index contributed by atoms with van der Waals surface area (Å²) in [7, 11) is 0. The van der Waals surface area contributed by atoms with Crippen molar-refractivity contribution in [2.24, 2.45) is 0 Å². The average molecular weight is 259 g/mol. The molecule has 0 atom stereocenters. The molecular formula is C14H17N3O2. The predicted octanol–water partition coefficient (Wildman–Crippen LogP) is 2.76. The second-order valence-corrected chi connectivity index (χ2v) is 4.57. The summed E-state index contributed by atoms with van der Waals surface area (Å²) in [5.74, 6) is 0.582. The summed E-state index contributed by atoms with van der Waals surface area (Å²) in [5.41, 5.74) is 2.01. The van der Waals surface area contributed by atoms with Crippen LogP contribution in [-0.2, 0) is 0 Å². The lowest BCUT2D eigenvalue weighted by Gasteiger charge is -2.10. The van der Waals surface area contributed by atoms with Gasteiger partial charge in [0.05, 0.1) is 12.3 Å². The van der Waals surface area contributed by atoms with Gasteiger partial charge in [0.2, 0.25) is 0 Å². The maximum absolute atomic E-state index is 11.9. The first-order valence-electron chi connectivity index (χ1n) is 6.14. The van der Waals surface area contributed by atoms with Crippen LogP contribution in [0.1, 0.15) is 29.9 Å². The molecule has 1 heterocycles. The zero-order valence-electron chi connectivity index (χ0n) is 11.2. The lowest BCUT2D eigenvalue weighted by molar-refractivity contribution is 0.102. The number of amides is 1. The Morgan fingerprint density at radius 1 is 1.32 bits per heavy atom. The highest BCUT2D eigenvalue weighted by atomic mass is 16.5. The Kier molecular flexibility index (Phi) is 3.85. The van der Waals surface area contributed by atoms with Gasteiger partial charge < -0.3 is 10.1 Å². The van der Waals surface area contributed by atoms with E-state index in [-0.39, 0.29) is 12.0 Å². The van der Waals surface area contributed by atoms with E-state index in [4.69, 9.17) is 4.74 Å². The van der Waals surface area contributed by atoms with Crippen LogP contribution in [0, 0.1) is 6.92 Å². The van der Waals surface area contributed by atoms with Gasteiger partial charge in [0, 0.05) is 5.69 Å². The lowest BCUT2D eigenvalue weighted by Crippen LogP contribution is -2.13. The van der Waals surface area contributed by atoms with Gasteiger partial charge in [-0.05, 0) is 50.6 Å². The SMILES string of the molecule is Cc1cn[nH]c1C(=O)Nc1ccc(OC(C)C)cc1. The molecule has 0 aliphatic heterocycles. The van der Waals surface area contributed by atoms with Crippen molar-refractivity contribution in [3.63, 3.8) is 0 Å². The molecule has 100 valence electrons. The molecular weight excluding hydrogens is 242 g/mol. The normalized spacial score (nSPS) is 10.5. The van der Waals surface area contributed by atoms with Gasteiger partial charge in [-0.2, -0.15) is 5.10 Å². The minimum absolute atomic E-state index is 0.132. The molecule has 0 spiro atoms. The van der Waals surface area contributed by atoms with Gasteiger partial charge in [-0.25, -0.2) is 0 Å². The van der Waals surface area contributed by atoms with E-state index in [0.29, 0.717) is 5.69 Å². The van der Waals surface area contributed by atoms with Crippen molar-refractivity contribution in [3.8, 4) is 5.75 Å². The van der Waals surface area contributed by atoms with E-state index in [1.165, 1.54) is 0 Å². The van der Waals surface area contributed by atoms with Crippen LogP contribution in [0.15, 0.2) is 30.5 Å². The molecule has 0 radical (unpaired) electrons. The van der Waals surface area contributed by atoms with Crippen LogP contribution in [0.3, 0.4) is 0 Å². The van der Waals surface area contributed by atoms with Crippen LogP contribution in [0.4, 0.5) is 5.69 Å². The topological polar surface area (TPSA) is 67.0 Å². The van der Waals surface area contributed by atoms with Crippen molar-refractivity contribution >= 4 is 11.6 Å². The molecule has 1 aromatic heterocycles. The fourth-order valence-corrected chi connectivity index (χ4v) is 1.66. The number of anilines is 1. The Bertz CT molecular complexity index is 558. The monoisotopic (exact) mass is 259 g/mol. The number of benzene rings is 1. The quantitative estimate of drug-likeness (QED) is 0.887. The molecule has 1 aromatic carbocycles. The molecule has 2 N–H and O–H groups in total. The number of hydrogen-bond acceptors (Lipinski definition) is 3. The number of aryl methyl sites for hydroxylation is 1. The van der Waals surface area contributed by atoms with Crippen LogP contribution in [0.5, 0.6) is 5.75 Å². The maximum atomic E-state index is 11.9. The predicted molar refractivity (Wildman–Crippen MR) is 73.5 cm³/mol. The van der Waals surface area contributed by atoms with E-state index in [9.17, 15) is 4.79 Å². The van der Waals surface area contributed by atoms with E-state index in [1.54, 1.807) is 18.3 Å². The standard InChI is InChI=1S/C14H17N3O2/c1-9(2)19-12-6-4-11(5-7-12)16-14(18)13-10(3)8-15-17-13/h4-9H,1-3H3,(H,15,17)(H,16,18). The summed E-state index contributed by atoms with van der Waals surface area (Å²) >= 11 is 0. The first-order chi connectivity index (χ1) is 9.06. The first-order valence-corrected chi connectivity index (χ1v) is 6.14. The molecule has 1 amide bonds. The lowest BCUT2D eigenvalue weighted by atomic mass is 10.2. The highest BCUT2D eigenvalue weighted by Crippen LogP contribution is 2.17. The van der Waals surface area contributed by atoms with Gasteiger partial charge in [0.25, 0.3) is 5.91 Å². The highest BCUT2D eigenvalue weighted by Gasteiger charge is 2.10. The van der Waals surface area contributed by atoms with Gasteiger partial charge in [-0.3, -0.25) is 9.89 Å². The van der Waals surface area contributed by atoms with Crippen molar-refractivity contribution in [1.29, 1.82) is 0 Å². The van der Waals surface area contributed by atoms with Crippen molar-refractivity contribution < 1.29 is 9.53 Å². The van der Waals surface area contributed by atoms with E-state index in [1.807, 2.05) is 32.9 Å². The van der Waals surface area contributed by atoms with E-state index in [0.717, 1.165) is 17.0 Å². The number of aromatic amines is 1. The summed E-state index contributed by atoms with van der Waals surface area (Å²) in [6.07, 6.45) is 1.75. The molecule has 0 aliphatic rings. The molecule has 0 bridgehead atoms. The second kappa shape index (κ2) is 5.56. The maximum Gasteiger partial charge on any atom is 0.273 e.